The van der Waals surface area contributed by atoms with Crippen LogP contribution >= 0.6 is 0 Å². The minimum absolute atomic E-state index is 0.0839. The Labute approximate surface area is 251 Å². The molecule has 2 aromatic heterocycles. The summed E-state index contributed by atoms with van der Waals surface area (Å²) in [4.78, 5) is 43.2. The number of nitrogens with two attached hydrogens (primary N) is 1. The summed E-state index contributed by atoms with van der Waals surface area (Å²) >= 11 is 0. The lowest BCUT2D eigenvalue weighted by atomic mass is 10.0. The number of likely N-dealkylation sites (tertiary alicyclic amines) is 1. The van der Waals surface area contributed by atoms with Crippen molar-refractivity contribution in [2.75, 3.05) is 20.2 Å². The van der Waals surface area contributed by atoms with Gasteiger partial charge in [-0.3, -0.25) is 4.79 Å². The zero-order valence-corrected chi connectivity index (χ0v) is 24.9. The molecule has 5 rings (SSSR count). The zero-order valence-electron chi connectivity index (χ0n) is 24.9. The van der Waals surface area contributed by atoms with Crippen LogP contribution in [0.2, 0.25) is 0 Å². The van der Waals surface area contributed by atoms with Crippen LogP contribution in [-0.2, 0) is 16.0 Å². The number of aryl methyl sites for hydroxylation is 1. The smallest absolute Gasteiger partial charge is 0.407 e. The Bertz CT molecular complexity index is 1630. The van der Waals surface area contributed by atoms with E-state index in [4.69, 9.17) is 10.5 Å². The van der Waals surface area contributed by atoms with Crippen LogP contribution in [-0.4, -0.2) is 63.1 Å². The van der Waals surface area contributed by atoms with E-state index in [1.54, 1.807) is 6.20 Å². The van der Waals surface area contributed by atoms with Crippen LogP contribution in [0.25, 0.3) is 22.3 Å². The van der Waals surface area contributed by atoms with Crippen molar-refractivity contribution in [3.63, 3.8) is 0 Å². The van der Waals surface area contributed by atoms with Gasteiger partial charge in [0.25, 0.3) is 0 Å². The number of unbranched alkanes of at least 4 members (excludes halogenated alkanes) is 1. The molecule has 0 saturated carbocycles. The molecule has 10 nitrogen and oxygen atoms in total. The first-order valence-electron chi connectivity index (χ1n) is 14.9. The number of imidazole rings is 2. The molecule has 43 heavy (non-hydrogen) atoms. The third kappa shape index (κ3) is 7.07. The van der Waals surface area contributed by atoms with Crippen LogP contribution in [0, 0.1) is 17.8 Å². The van der Waals surface area contributed by atoms with Gasteiger partial charge in [-0.1, -0.05) is 37.8 Å². The Morgan fingerprint density at radius 3 is 2.63 bits per heavy atom. The summed E-state index contributed by atoms with van der Waals surface area (Å²) in [5.74, 6) is 8.02. The number of nitrogens with one attached hydrogen (secondary N) is 3. The van der Waals surface area contributed by atoms with Crippen LogP contribution in [0.15, 0.2) is 48.7 Å². The molecule has 1 fully saturated rings. The number of alkyl carbamates (subject to hydrolysis) is 1. The van der Waals surface area contributed by atoms with Gasteiger partial charge < -0.3 is 30.7 Å². The number of amides is 2. The van der Waals surface area contributed by atoms with Crippen molar-refractivity contribution < 1.29 is 14.3 Å². The van der Waals surface area contributed by atoms with Crippen LogP contribution in [0.4, 0.5) is 4.79 Å². The van der Waals surface area contributed by atoms with E-state index >= 15 is 0 Å². The highest BCUT2D eigenvalue weighted by Crippen LogP contribution is 2.32. The van der Waals surface area contributed by atoms with E-state index in [1.807, 2.05) is 61.2 Å². The molecule has 1 aliphatic rings. The number of aromatic nitrogens is 4. The van der Waals surface area contributed by atoms with Crippen molar-refractivity contribution in [2.24, 2.45) is 11.7 Å². The fourth-order valence-corrected chi connectivity index (χ4v) is 5.42. The summed E-state index contributed by atoms with van der Waals surface area (Å²) in [5, 5.41) is 2.69. The molecule has 2 atom stereocenters. The van der Waals surface area contributed by atoms with Gasteiger partial charge in [-0.25, -0.2) is 14.8 Å². The number of H-pyrrole nitrogens is 2. The number of carbonyl (C=O) groups is 2. The number of hydrogen-bond donors (Lipinski definition) is 4. The first kappa shape index (κ1) is 29.9. The first-order chi connectivity index (χ1) is 20.9. The molecule has 3 heterocycles. The molecule has 4 aromatic rings. The molecule has 224 valence electrons. The Morgan fingerprint density at radius 1 is 1.12 bits per heavy atom. The summed E-state index contributed by atoms with van der Waals surface area (Å²) in [6.45, 7) is 5.12. The number of aromatic amines is 2. The highest BCUT2D eigenvalue weighted by Gasteiger charge is 2.37. The molecule has 0 aliphatic carbocycles. The van der Waals surface area contributed by atoms with E-state index in [-0.39, 0.29) is 17.9 Å². The van der Waals surface area contributed by atoms with Crippen molar-refractivity contribution in [1.82, 2.24) is 30.2 Å². The highest BCUT2D eigenvalue weighted by atomic mass is 16.5. The minimum Gasteiger partial charge on any atom is -0.453 e. The number of fused-ring (bicyclic) bond motifs is 1. The summed E-state index contributed by atoms with van der Waals surface area (Å²) in [6.07, 6.45) is 5.76. The molecule has 5 N–H and O–H groups in total. The quantitative estimate of drug-likeness (QED) is 0.167. The highest BCUT2D eigenvalue weighted by molar-refractivity contribution is 5.86. The second-order valence-electron chi connectivity index (χ2n) is 11.2. The van der Waals surface area contributed by atoms with E-state index in [0.717, 1.165) is 77.2 Å². The van der Waals surface area contributed by atoms with Gasteiger partial charge in [0.05, 0.1) is 36.1 Å². The summed E-state index contributed by atoms with van der Waals surface area (Å²) < 4.78 is 4.73. The molecule has 0 bridgehead atoms. The van der Waals surface area contributed by atoms with Gasteiger partial charge in [-0.05, 0) is 74.0 Å². The van der Waals surface area contributed by atoms with Crippen molar-refractivity contribution in [3.05, 3.63) is 71.4 Å². The predicted molar refractivity (Wildman–Crippen MR) is 166 cm³/mol. The summed E-state index contributed by atoms with van der Waals surface area (Å²) in [5.41, 5.74) is 11.2. The SMILES string of the molecule is COC(=O)NC(C(=O)N1CCCC1c1ncc(-c2ccc(C#Cc3ccc4nc(CCCCN)[nH]c4c3)cc2)[nH]1)C(C)C. The molecule has 2 aromatic carbocycles. The third-order valence-electron chi connectivity index (χ3n) is 7.78. The number of carbonyl (C=O) groups excluding carboxylic acids is 2. The maximum Gasteiger partial charge on any atom is 0.407 e. The topological polar surface area (TPSA) is 142 Å². The molecule has 2 amide bonds. The van der Waals surface area contributed by atoms with Gasteiger partial charge in [-0.15, -0.1) is 0 Å². The minimum atomic E-state index is -0.665. The number of ether oxygens (including phenoxy) is 1. The van der Waals surface area contributed by atoms with Crippen molar-refractivity contribution in [3.8, 4) is 23.1 Å². The fraction of sp³-hybridized carbons (Fsp3) is 0.394. The Kier molecular flexibility index (Phi) is 9.42. The third-order valence-corrected chi connectivity index (χ3v) is 7.78. The molecule has 1 aliphatic heterocycles. The van der Waals surface area contributed by atoms with E-state index in [1.165, 1.54) is 7.11 Å². The van der Waals surface area contributed by atoms with Gasteiger partial charge in [0.1, 0.15) is 17.7 Å². The largest absolute Gasteiger partial charge is 0.453 e. The van der Waals surface area contributed by atoms with Crippen molar-refractivity contribution in [2.45, 2.75) is 58.0 Å². The lowest BCUT2D eigenvalue weighted by molar-refractivity contribution is -0.135. The maximum atomic E-state index is 13.4. The van der Waals surface area contributed by atoms with Gasteiger partial charge in [0.2, 0.25) is 5.91 Å². The standard InChI is InChI=1S/C33H39N7O3/c1-21(2)30(39-33(42)43-3)32(41)40-18-6-7-28(40)31-35-20-27(38-31)24-14-11-22(12-15-24)9-10-23-13-16-25-26(19-23)37-29(36-25)8-4-5-17-34/h11-16,19-21,28,30H,4-8,17-18,34H2,1-3H3,(H,35,38)(H,36,37)(H,39,42). The first-order valence-corrected chi connectivity index (χ1v) is 14.9. The molecular formula is C33H39N7O3. The average Bonchev–Trinajstić information content (AvgIpc) is 3.78. The number of hydrogen-bond acceptors (Lipinski definition) is 6. The molecule has 2 unspecified atom stereocenters. The van der Waals surface area contributed by atoms with Crippen LogP contribution in [0.1, 0.15) is 68.3 Å². The molecule has 0 spiro atoms. The summed E-state index contributed by atoms with van der Waals surface area (Å²) in [6, 6.07) is 13.2. The second kappa shape index (κ2) is 13.6. The van der Waals surface area contributed by atoms with Crippen molar-refractivity contribution in [1.29, 1.82) is 0 Å². The number of nitrogens with zero attached hydrogens (tertiary/aromatic N) is 3. The Hall–Kier alpha value is -4.62. The normalized spacial score (nSPS) is 15.4. The van der Waals surface area contributed by atoms with Crippen molar-refractivity contribution >= 4 is 23.0 Å². The fourth-order valence-electron chi connectivity index (χ4n) is 5.42. The average molecular weight is 582 g/mol. The van der Waals surface area contributed by atoms with Gasteiger partial charge >= 0.3 is 6.09 Å². The number of benzene rings is 2. The lowest BCUT2D eigenvalue weighted by Gasteiger charge is -2.30. The van der Waals surface area contributed by atoms with Crippen LogP contribution in [0.3, 0.4) is 0 Å². The van der Waals surface area contributed by atoms with Gasteiger partial charge in [-0.2, -0.15) is 0 Å². The molecular weight excluding hydrogens is 542 g/mol. The second-order valence-corrected chi connectivity index (χ2v) is 11.2. The monoisotopic (exact) mass is 581 g/mol. The van der Waals surface area contributed by atoms with E-state index in [9.17, 15) is 9.59 Å². The van der Waals surface area contributed by atoms with E-state index in [2.05, 4.69) is 37.1 Å². The molecule has 10 heteroatoms. The van der Waals surface area contributed by atoms with E-state index in [0.29, 0.717) is 13.1 Å². The van der Waals surface area contributed by atoms with Crippen LogP contribution < -0.4 is 11.1 Å². The maximum absolute atomic E-state index is 13.4. The Morgan fingerprint density at radius 2 is 1.88 bits per heavy atom. The molecule has 1 saturated heterocycles. The zero-order chi connectivity index (χ0) is 30.3. The number of methoxy groups -OCH3 is 1. The number of rotatable bonds is 9. The molecule has 0 radical (unpaired) electrons. The predicted octanol–water partition coefficient (Wildman–Crippen LogP) is 4.68. The van der Waals surface area contributed by atoms with Gasteiger partial charge in [0.15, 0.2) is 0 Å². The van der Waals surface area contributed by atoms with Crippen LogP contribution in [0.5, 0.6) is 0 Å². The summed E-state index contributed by atoms with van der Waals surface area (Å²) in [7, 11) is 1.29. The Balaban J connectivity index is 1.25. The van der Waals surface area contributed by atoms with Gasteiger partial charge in [0, 0.05) is 24.1 Å². The van der Waals surface area contributed by atoms with E-state index < -0.39 is 12.1 Å². The lowest BCUT2D eigenvalue weighted by Crippen LogP contribution is -2.51.